The Balaban J connectivity index is 0.00000264. The second-order valence-corrected chi connectivity index (χ2v) is 6.43. The van der Waals surface area contributed by atoms with E-state index >= 15 is 0 Å². The lowest BCUT2D eigenvalue weighted by molar-refractivity contribution is -0.120. The Morgan fingerprint density at radius 2 is 1.91 bits per heavy atom. The molecule has 1 aromatic carbocycles. The Morgan fingerprint density at radius 1 is 1.22 bits per heavy atom. The predicted molar refractivity (Wildman–Crippen MR) is 95.8 cm³/mol. The van der Waals surface area contributed by atoms with E-state index < -0.39 is 0 Å². The van der Waals surface area contributed by atoms with Crippen molar-refractivity contribution in [3.8, 4) is 0 Å². The van der Waals surface area contributed by atoms with Gasteiger partial charge in [0.1, 0.15) is 0 Å². The van der Waals surface area contributed by atoms with E-state index in [0.717, 1.165) is 30.5 Å². The van der Waals surface area contributed by atoms with Crippen molar-refractivity contribution in [2.24, 2.45) is 17.6 Å². The van der Waals surface area contributed by atoms with Crippen LogP contribution in [0, 0.1) is 18.8 Å². The zero-order valence-corrected chi connectivity index (χ0v) is 14.7. The van der Waals surface area contributed by atoms with Gasteiger partial charge in [0.25, 0.3) is 0 Å². The normalized spacial score (nSPS) is 20.0. The van der Waals surface area contributed by atoms with Crippen LogP contribution in [0.15, 0.2) is 18.2 Å². The Bertz CT molecular complexity index is 575. The van der Waals surface area contributed by atoms with Crippen molar-refractivity contribution in [3.05, 3.63) is 23.8 Å². The average molecular weight is 340 g/mol. The fourth-order valence-electron chi connectivity index (χ4n) is 2.61. The molecule has 2 amide bonds. The predicted octanol–water partition coefficient (Wildman–Crippen LogP) is 3.08. The van der Waals surface area contributed by atoms with Crippen LogP contribution in [-0.4, -0.2) is 17.9 Å². The second-order valence-electron chi connectivity index (χ2n) is 6.43. The fourth-order valence-corrected chi connectivity index (χ4v) is 2.61. The molecule has 23 heavy (non-hydrogen) atoms. The number of hydrogen-bond acceptors (Lipinski definition) is 3. The van der Waals surface area contributed by atoms with Gasteiger partial charge < -0.3 is 16.4 Å². The lowest BCUT2D eigenvalue weighted by Crippen LogP contribution is -2.23. The van der Waals surface area contributed by atoms with Gasteiger partial charge in [-0.2, -0.15) is 0 Å². The molecule has 0 aromatic heterocycles. The molecular weight excluding hydrogens is 314 g/mol. The van der Waals surface area contributed by atoms with Crippen LogP contribution in [0.25, 0.3) is 0 Å². The van der Waals surface area contributed by atoms with Crippen LogP contribution in [0.3, 0.4) is 0 Å². The lowest BCUT2D eigenvalue weighted by atomic mass is 10.1. The minimum Gasteiger partial charge on any atom is -0.328 e. The fraction of sp³-hybridized carbons (Fsp3) is 0.529. The first kappa shape index (κ1) is 19.5. The highest BCUT2D eigenvalue weighted by Gasteiger charge is 2.28. The number of rotatable bonds is 4. The summed E-state index contributed by atoms with van der Waals surface area (Å²) < 4.78 is 0. The van der Waals surface area contributed by atoms with Crippen molar-refractivity contribution in [2.45, 2.75) is 46.1 Å². The summed E-state index contributed by atoms with van der Waals surface area (Å²) in [5.41, 5.74) is 8.28. The van der Waals surface area contributed by atoms with Gasteiger partial charge in [0.05, 0.1) is 0 Å². The summed E-state index contributed by atoms with van der Waals surface area (Å²) in [6.07, 6.45) is 2.49. The van der Waals surface area contributed by atoms with Gasteiger partial charge in [-0.05, 0) is 43.9 Å². The van der Waals surface area contributed by atoms with Crippen molar-refractivity contribution in [1.82, 2.24) is 0 Å². The first-order valence-corrected chi connectivity index (χ1v) is 7.84. The van der Waals surface area contributed by atoms with Gasteiger partial charge >= 0.3 is 0 Å². The van der Waals surface area contributed by atoms with Gasteiger partial charge in [0.15, 0.2) is 0 Å². The number of amides is 2. The summed E-state index contributed by atoms with van der Waals surface area (Å²) >= 11 is 0. The van der Waals surface area contributed by atoms with E-state index in [2.05, 4.69) is 10.6 Å². The minimum atomic E-state index is -0.0840. The van der Waals surface area contributed by atoms with E-state index in [9.17, 15) is 9.59 Å². The maximum Gasteiger partial charge on any atom is 0.227 e. The molecule has 1 saturated carbocycles. The monoisotopic (exact) mass is 339 g/mol. The molecular formula is C17H26ClN3O2. The molecule has 0 saturated heterocycles. The SMILES string of the molecule is Cc1ccc(NC(=O)C(C)C)cc1NC(=O)C1CCC(N)C1.Cl. The third-order valence-electron chi connectivity index (χ3n) is 4.13. The van der Waals surface area contributed by atoms with Crippen molar-refractivity contribution < 1.29 is 9.59 Å². The first-order valence-electron chi connectivity index (χ1n) is 7.84. The number of carbonyl (C=O) groups excluding carboxylic acids is 2. The van der Waals surface area contributed by atoms with Gasteiger partial charge in [-0.15, -0.1) is 12.4 Å². The molecule has 1 aliphatic rings. The average Bonchev–Trinajstić information content (AvgIpc) is 2.89. The van der Waals surface area contributed by atoms with Crippen LogP contribution in [0.4, 0.5) is 11.4 Å². The molecule has 0 bridgehead atoms. The molecule has 0 spiro atoms. The topological polar surface area (TPSA) is 84.2 Å². The molecule has 2 atom stereocenters. The maximum absolute atomic E-state index is 12.3. The summed E-state index contributed by atoms with van der Waals surface area (Å²) in [6, 6.07) is 5.68. The minimum absolute atomic E-state index is 0. The summed E-state index contributed by atoms with van der Waals surface area (Å²) in [5.74, 6) is -0.117. The molecule has 1 fully saturated rings. The maximum atomic E-state index is 12.3. The molecule has 128 valence electrons. The number of carbonyl (C=O) groups is 2. The number of nitrogens with two attached hydrogens (primary N) is 1. The van der Waals surface area contributed by atoms with Gasteiger partial charge in [-0.1, -0.05) is 19.9 Å². The third-order valence-corrected chi connectivity index (χ3v) is 4.13. The molecule has 0 heterocycles. The van der Waals surface area contributed by atoms with Crippen molar-refractivity contribution in [3.63, 3.8) is 0 Å². The molecule has 2 unspecified atom stereocenters. The molecule has 6 heteroatoms. The van der Waals surface area contributed by atoms with Crippen LogP contribution in [0.5, 0.6) is 0 Å². The molecule has 1 aliphatic carbocycles. The summed E-state index contributed by atoms with van der Waals surface area (Å²) in [7, 11) is 0. The van der Waals surface area contributed by atoms with E-state index in [-0.39, 0.29) is 42.1 Å². The standard InChI is InChI=1S/C17H25N3O2.ClH/c1-10(2)16(21)19-14-7-4-11(3)15(9-14)20-17(22)12-5-6-13(18)8-12;/h4,7,9-10,12-13H,5-6,8,18H2,1-3H3,(H,19,21)(H,20,22);1H. The van der Waals surface area contributed by atoms with Crippen LogP contribution in [0.2, 0.25) is 0 Å². The van der Waals surface area contributed by atoms with Gasteiger partial charge in [-0.25, -0.2) is 0 Å². The number of aryl methyl sites for hydroxylation is 1. The van der Waals surface area contributed by atoms with Crippen molar-refractivity contribution in [2.75, 3.05) is 10.6 Å². The Morgan fingerprint density at radius 3 is 2.48 bits per heavy atom. The zero-order chi connectivity index (χ0) is 16.3. The van der Waals surface area contributed by atoms with Crippen LogP contribution in [0.1, 0.15) is 38.7 Å². The number of nitrogens with one attached hydrogen (secondary N) is 2. The summed E-state index contributed by atoms with van der Waals surface area (Å²) in [6.45, 7) is 5.62. The molecule has 2 rings (SSSR count). The Hall–Kier alpha value is -1.59. The molecule has 4 N–H and O–H groups in total. The summed E-state index contributed by atoms with van der Waals surface area (Å²) in [4.78, 5) is 24.1. The van der Waals surface area contributed by atoms with Crippen molar-refractivity contribution in [1.29, 1.82) is 0 Å². The van der Waals surface area contributed by atoms with Crippen molar-refractivity contribution >= 4 is 35.6 Å². The van der Waals surface area contributed by atoms with E-state index in [1.807, 2.05) is 39.0 Å². The molecule has 1 aromatic rings. The zero-order valence-electron chi connectivity index (χ0n) is 13.9. The number of halogens is 1. The number of hydrogen-bond donors (Lipinski definition) is 3. The second kappa shape index (κ2) is 8.31. The van der Waals surface area contributed by atoms with E-state index in [1.165, 1.54) is 0 Å². The van der Waals surface area contributed by atoms with Gasteiger partial charge in [0, 0.05) is 29.3 Å². The van der Waals surface area contributed by atoms with E-state index in [1.54, 1.807) is 0 Å². The summed E-state index contributed by atoms with van der Waals surface area (Å²) in [5, 5.41) is 5.82. The number of anilines is 2. The Labute approximate surface area is 143 Å². The molecule has 0 radical (unpaired) electrons. The van der Waals surface area contributed by atoms with Gasteiger partial charge in [0.2, 0.25) is 11.8 Å². The number of benzene rings is 1. The third kappa shape index (κ3) is 5.22. The smallest absolute Gasteiger partial charge is 0.227 e. The Kier molecular flexibility index (Phi) is 7.03. The van der Waals surface area contributed by atoms with Crippen LogP contribution in [-0.2, 0) is 9.59 Å². The van der Waals surface area contributed by atoms with Gasteiger partial charge in [-0.3, -0.25) is 9.59 Å². The molecule has 0 aliphatic heterocycles. The lowest BCUT2D eigenvalue weighted by Gasteiger charge is -2.15. The van der Waals surface area contributed by atoms with Crippen LogP contribution < -0.4 is 16.4 Å². The highest BCUT2D eigenvalue weighted by molar-refractivity contribution is 5.96. The van der Waals surface area contributed by atoms with E-state index in [0.29, 0.717) is 5.69 Å². The highest BCUT2D eigenvalue weighted by Crippen LogP contribution is 2.27. The first-order chi connectivity index (χ1) is 10.4. The van der Waals surface area contributed by atoms with E-state index in [4.69, 9.17) is 5.73 Å². The largest absolute Gasteiger partial charge is 0.328 e. The van der Waals surface area contributed by atoms with Crippen LogP contribution >= 0.6 is 12.4 Å². The molecule has 5 nitrogen and oxygen atoms in total. The highest BCUT2D eigenvalue weighted by atomic mass is 35.5. The quantitative estimate of drug-likeness (QED) is 0.788.